The van der Waals surface area contributed by atoms with Crippen molar-refractivity contribution < 1.29 is 42.7 Å². The molecule has 0 atom stereocenters. The Balaban J connectivity index is 3.17. The SMILES string of the molecule is CCCCCCCCCCCCCCCC(=O)OCCOCCOCCOCCOCCOCCOC(=O)CCCCCC. The van der Waals surface area contributed by atoms with Gasteiger partial charge in [-0.05, 0) is 12.8 Å². The second kappa shape index (κ2) is 37.9. The number of ether oxygens (including phenoxy) is 7. The van der Waals surface area contributed by atoms with Gasteiger partial charge in [-0.2, -0.15) is 0 Å². The molecule has 0 amide bonds. The molecule has 0 saturated carbocycles. The molecule has 0 aliphatic rings. The van der Waals surface area contributed by atoms with E-state index in [2.05, 4.69) is 13.8 Å². The van der Waals surface area contributed by atoms with Gasteiger partial charge in [0.15, 0.2) is 0 Å². The van der Waals surface area contributed by atoms with E-state index in [-0.39, 0.29) is 25.2 Å². The average molecular weight is 633 g/mol. The highest BCUT2D eigenvalue weighted by molar-refractivity contribution is 5.69. The third kappa shape index (κ3) is 36.9. The standard InChI is InChI=1S/C35H68O9/c1-3-5-7-9-10-11-12-13-14-15-16-17-19-21-35(37)44-33-31-42-29-27-40-25-23-38-22-24-39-26-28-41-30-32-43-34(36)20-18-8-6-4-2/h3-33H2,1-2H3. The minimum Gasteiger partial charge on any atom is -0.463 e. The Morgan fingerprint density at radius 1 is 0.318 bits per heavy atom. The molecule has 0 bridgehead atoms. The summed E-state index contributed by atoms with van der Waals surface area (Å²) < 4.78 is 37.6. The van der Waals surface area contributed by atoms with Crippen molar-refractivity contribution in [2.24, 2.45) is 0 Å². The number of esters is 2. The fourth-order valence-electron chi connectivity index (χ4n) is 4.54. The second-order valence-electron chi connectivity index (χ2n) is 11.3. The summed E-state index contributed by atoms with van der Waals surface area (Å²) in [4.78, 5) is 23.4. The lowest BCUT2D eigenvalue weighted by atomic mass is 10.0. The predicted molar refractivity (Wildman–Crippen MR) is 175 cm³/mol. The van der Waals surface area contributed by atoms with E-state index in [0.29, 0.717) is 78.9 Å². The molecule has 0 aliphatic carbocycles. The molecule has 9 heteroatoms. The van der Waals surface area contributed by atoms with Crippen LogP contribution < -0.4 is 0 Å². The number of hydrogen-bond donors (Lipinski definition) is 0. The molecule has 0 unspecified atom stereocenters. The molecule has 0 rings (SSSR count). The summed E-state index contributed by atoms with van der Waals surface area (Å²) in [6.45, 7) is 9.54. The molecule has 0 aromatic rings. The average Bonchev–Trinajstić information content (AvgIpc) is 3.02. The van der Waals surface area contributed by atoms with Gasteiger partial charge in [-0.15, -0.1) is 0 Å². The van der Waals surface area contributed by atoms with Gasteiger partial charge in [0, 0.05) is 12.8 Å². The summed E-state index contributed by atoms with van der Waals surface area (Å²) in [6, 6.07) is 0. The summed E-state index contributed by atoms with van der Waals surface area (Å²) in [6.07, 6.45) is 22.1. The zero-order chi connectivity index (χ0) is 32.0. The number of rotatable bonds is 37. The van der Waals surface area contributed by atoms with Crippen LogP contribution in [0, 0.1) is 0 Å². The quantitative estimate of drug-likeness (QED) is 0.0506. The molecule has 262 valence electrons. The first kappa shape index (κ1) is 42.7. The largest absolute Gasteiger partial charge is 0.463 e. The van der Waals surface area contributed by atoms with Crippen molar-refractivity contribution in [2.75, 3.05) is 79.3 Å². The predicted octanol–water partition coefficient (Wildman–Crippen LogP) is 7.61. The van der Waals surface area contributed by atoms with Gasteiger partial charge in [0.1, 0.15) is 13.2 Å². The molecule has 0 N–H and O–H groups in total. The molecule has 0 heterocycles. The fraction of sp³-hybridized carbons (Fsp3) is 0.943. The van der Waals surface area contributed by atoms with Crippen LogP contribution in [-0.4, -0.2) is 91.2 Å². The highest BCUT2D eigenvalue weighted by Gasteiger charge is 2.04. The maximum Gasteiger partial charge on any atom is 0.305 e. The third-order valence-corrected chi connectivity index (χ3v) is 7.19. The van der Waals surface area contributed by atoms with E-state index >= 15 is 0 Å². The number of carbonyl (C=O) groups is 2. The van der Waals surface area contributed by atoms with Crippen molar-refractivity contribution in [1.29, 1.82) is 0 Å². The molecular weight excluding hydrogens is 564 g/mol. The van der Waals surface area contributed by atoms with Crippen molar-refractivity contribution in [3.8, 4) is 0 Å². The molecule has 0 spiro atoms. The van der Waals surface area contributed by atoms with Gasteiger partial charge in [0.25, 0.3) is 0 Å². The molecule has 0 aliphatic heterocycles. The Hall–Kier alpha value is -1.26. The maximum absolute atomic E-state index is 11.8. The van der Waals surface area contributed by atoms with Gasteiger partial charge in [0.05, 0.1) is 66.1 Å². The van der Waals surface area contributed by atoms with Gasteiger partial charge in [-0.25, -0.2) is 0 Å². The third-order valence-electron chi connectivity index (χ3n) is 7.19. The number of hydrogen-bond acceptors (Lipinski definition) is 9. The summed E-state index contributed by atoms with van der Waals surface area (Å²) in [5.41, 5.74) is 0. The van der Waals surface area contributed by atoms with Crippen LogP contribution >= 0.6 is 0 Å². The molecule has 0 aromatic heterocycles. The van der Waals surface area contributed by atoms with Gasteiger partial charge in [0.2, 0.25) is 0 Å². The van der Waals surface area contributed by atoms with E-state index in [4.69, 9.17) is 33.2 Å². The van der Waals surface area contributed by atoms with Crippen LogP contribution in [-0.2, 0) is 42.7 Å². The highest BCUT2D eigenvalue weighted by atomic mass is 16.6. The summed E-state index contributed by atoms with van der Waals surface area (Å²) >= 11 is 0. The van der Waals surface area contributed by atoms with Crippen LogP contribution in [0.2, 0.25) is 0 Å². The molecule has 0 fully saturated rings. The number of unbranched alkanes of at least 4 members (excludes halogenated alkanes) is 15. The highest BCUT2D eigenvalue weighted by Crippen LogP contribution is 2.13. The van der Waals surface area contributed by atoms with Crippen molar-refractivity contribution in [3.05, 3.63) is 0 Å². The molecule has 0 aromatic carbocycles. The van der Waals surface area contributed by atoms with Crippen LogP contribution in [0.25, 0.3) is 0 Å². The second-order valence-corrected chi connectivity index (χ2v) is 11.3. The Bertz CT molecular complexity index is 589. The van der Waals surface area contributed by atoms with E-state index in [9.17, 15) is 9.59 Å². The Kier molecular flexibility index (Phi) is 36.8. The van der Waals surface area contributed by atoms with Crippen molar-refractivity contribution in [1.82, 2.24) is 0 Å². The van der Waals surface area contributed by atoms with E-state index in [1.807, 2.05) is 0 Å². The Morgan fingerprint density at radius 2 is 0.545 bits per heavy atom. The van der Waals surface area contributed by atoms with E-state index in [1.54, 1.807) is 0 Å². The van der Waals surface area contributed by atoms with Gasteiger partial charge in [-0.1, -0.05) is 110 Å². The smallest absolute Gasteiger partial charge is 0.305 e. The molecule has 0 saturated heterocycles. The minimum atomic E-state index is -0.150. The molecule has 9 nitrogen and oxygen atoms in total. The summed E-state index contributed by atoms with van der Waals surface area (Å²) in [5, 5.41) is 0. The Labute approximate surface area is 269 Å². The van der Waals surface area contributed by atoms with Gasteiger partial charge >= 0.3 is 11.9 Å². The molecular formula is C35H68O9. The van der Waals surface area contributed by atoms with Crippen LogP contribution in [0.4, 0.5) is 0 Å². The van der Waals surface area contributed by atoms with Gasteiger partial charge < -0.3 is 33.2 Å². The van der Waals surface area contributed by atoms with Crippen LogP contribution in [0.5, 0.6) is 0 Å². The van der Waals surface area contributed by atoms with Crippen LogP contribution in [0.1, 0.15) is 136 Å². The fourth-order valence-corrected chi connectivity index (χ4v) is 4.54. The monoisotopic (exact) mass is 632 g/mol. The Morgan fingerprint density at radius 3 is 0.841 bits per heavy atom. The first-order chi connectivity index (χ1) is 21.7. The first-order valence-electron chi connectivity index (χ1n) is 17.9. The number of carbonyl (C=O) groups excluding carboxylic acids is 2. The van der Waals surface area contributed by atoms with Gasteiger partial charge in [-0.3, -0.25) is 9.59 Å². The summed E-state index contributed by atoms with van der Waals surface area (Å²) in [7, 11) is 0. The zero-order valence-corrected chi connectivity index (χ0v) is 28.6. The maximum atomic E-state index is 11.8. The normalized spacial score (nSPS) is 11.2. The van der Waals surface area contributed by atoms with Crippen molar-refractivity contribution in [3.63, 3.8) is 0 Å². The van der Waals surface area contributed by atoms with Crippen LogP contribution in [0.15, 0.2) is 0 Å². The van der Waals surface area contributed by atoms with E-state index in [0.717, 1.165) is 38.5 Å². The lowest BCUT2D eigenvalue weighted by Gasteiger charge is -2.08. The molecule has 0 radical (unpaired) electrons. The van der Waals surface area contributed by atoms with Crippen molar-refractivity contribution in [2.45, 2.75) is 136 Å². The van der Waals surface area contributed by atoms with E-state index < -0.39 is 0 Å². The summed E-state index contributed by atoms with van der Waals surface area (Å²) in [5.74, 6) is -0.282. The van der Waals surface area contributed by atoms with E-state index in [1.165, 1.54) is 70.6 Å². The zero-order valence-electron chi connectivity index (χ0n) is 28.6. The van der Waals surface area contributed by atoms with Crippen molar-refractivity contribution >= 4 is 11.9 Å². The first-order valence-corrected chi connectivity index (χ1v) is 17.9. The lowest BCUT2D eigenvalue weighted by molar-refractivity contribution is -0.146. The topological polar surface area (TPSA) is 98.8 Å². The lowest BCUT2D eigenvalue weighted by Crippen LogP contribution is -2.15. The molecule has 44 heavy (non-hydrogen) atoms. The minimum absolute atomic E-state index is 0.132. The van der Waals surface area contributed by atoms with Crippen LogP contribution in [0.3, 0.4) is 0 Å².